The lowest BCUT2D eigenvalue weighted by atomic mass is 10.3. The molecule has 0 aliphatic rings. The van der Waals surface area contributed by atoms with Crippen molar-refractivity contribution in [3.63, 3.8) is 0 Å². The Morgan fingerprint density at radius 3 is 2.88 bits per heavy atom. The Labute approximate surface area is 102 Å². The number of hydrogen-bond donors (Lipinski definition) is 2. The maximum atomic E-state index is 10.9. The summed E-state index contributed by atoms with van der Waals surface area (Å²) in [6.45, 7) is 0. The predicted octanol–water partition coefficient (Wildman–Crippen LogP) is 0.456. The minimum Gasteiger partial charge on any atom is -0.366 e. The molecule has 17 heavy (non-hydrogen) atoms. The molecule has 88 valence electrons. The fraction of sp³-hybridized carbons (Fsp3) is 0.111. The Kier molecular flexibility index (Phi) is 2.92. The van der Waals surface area contributed by atoms with Gasteiger partial charge in [-0.15, -0.1) is 0 Å². The van der Waals surface area contributed by atoms with E-state index in [1.54, 1.807) is 7.05 Å². The number of aromatic nitrogens is 4. The topological polar surface area (TPSA) is 98.7 Å². The van der Waals surface area contributed by atoms with Crippen LogP contribution in [0.15, 0.2) is 18.6 Å². The molecular weight excluding hydrogens is 244 g/mol. The summed E-state index contributed by atoms with van der Waals surface area (Å²) in [5.41, 5.74) is 5.41. The Bertz CT molecular complexity index is 566. The van der Waals surface area contributed by atoms with Crippen LogP contribution in [0.2, 0.25) is 5.02 Å². The van der Waals surface area contributed by atoms with Gasteiger partial charge in [0.2, 0.25) is 5.95 Å². The summed E-state index contributed by atoms with van der Waals surface area (Å²) in [6, 6.07) is 0. The summed E-state index contributed by atoms with van der Waals surface area (Å²) in [5, 5.41) is 7.06. The van der Waals surface area contributed by atoms with Gasteiger partial charge in [0.1, 0.15) is 5.02 Å². The van der Waals surface area contributed by atoms with E-state index in [2.05, 4.69) is 20.4 Å². The van der Waals surface area contributed by atoms with Crippen LogP contribution in [0.4, 0.5) is 5.95 Å². The molecule has 8 heteroatoms. The van der Waals surface area contributed by atoms with Gasteiger partial charge in [0.15, 0.2) is 5.82 Å². The van der Waals surface area contributed by atoms with Crippen LogP contribution >= 0.6 is 11.6 Å². The molecule has 0 aliphatic carbocycles. The maximum Gasteiger partial charge on any atom is 0.251 e. The molecule has 0 radical (unpaired) electrons. The number of nitrogens with one attached hydrogen (secondary N) is 1. The predicted molar refractivity (Wildman–Crippen MR) is 62.2 cm³/mol. The average molecular weight is 253 g/mol. The zero-order chi connectivity index (χ0) is 12.4. The standard InChI is InChI=1S/C9H9ClN6O/c1-12-9-13-3-6(10)8(15-9)16-4-5(2-14-16)7(11)17/h2-4H,1H3,(H2,11,17)(H,12,13,15). The third kappa shape index (κ3) is 2.18. The van der Waals surface area contributed by atoms with Gasteiger partial charge in [-0.25, -0.2) is 9.67 Å². The Morgan fingerprint density at radius 2 is 2.29 bits per heavy atom. The fourth-order valence-corrected chi connectivity index (χ4v) is 1.38. The molecule has 0 fully saturated rings. The number of carbonyl (C=O) groups is 1. The molecule has 0 spiro atoms. The molecule has 2 heterocycles. The van der Waals surface area contributed by atoms with Crippen molar-refractivity contribution in [2.24, 2.45) is 5.73 Å². The summed E-state index contributed by atoms with van der Waals surface area (Å²) in [7, 11) is 1.69. The molecule has 7 nitrogen and oxygen atoms in total. The highest BCUT2D eigenvalue weighted by atomic mass is 35.5. The summed E-state index contributed by atoms with van der Waals surface area (Å²) in [4.78, 5) is 19.0. The van der Waals surface area contributed by atoms with Crippen molar-refractivity contribution in [2.45, 2.75) is 0 Å². The molecule has 2 aromatic heterocycles. The van der Waals surface area contributed by atoms with E-state index in [1.165, 1.54) is 23.3 Å². The number of carbonyl (C=O) groups excluding carboxylic acids is 1. The molecule has 1 amide bonds. The van der Waals surface area contributed by atoms with E-state index in [0.29, 0.717) is 16.8 Å². The van der Waals surface area contributed by atoms with Crippen LogP contribution in [0, 0.1) is 0 Å². The summed E-state index contributed by atoms with van der Waals surface area (Å²) >= 11 is 5.95. The van der Waals surface area contributed by atoms with Gasteiger partial charge in [-0.3, -0.25) is 4.79 Å². The highest BCUT2D eigenvalue weighted by Gasteiger charge is 2.10. The largest absolute Gasteiger partial charge is 0.366 e. The van der Waals surface area contributed by atoms with Crippen LogP contribution in [-0.4, -0.2) is 32.7 Å². The number of halogens is 1. The highest BCUT2D eigenvalue weighted by molar-refractivity contribution is 6.32. The SMILES string of the molecule is CNc1ncc(Cl)c(-n2cc(C(N)=O)cn2)n1. The second-order valence-electron chi connectivity index (χ2n) is 3.15. The quantitative estimate of drug-likeness (QED) is 0.827. The molecule has 0 bridgehead atoms. The van der Waals surface area contributed by atoms with Crippen molar-refractivity contribution in [2.75, 3.05) is 12.4 Å². The van der Waals surface area contributed by atoms with E-state index in [-0.39, 0.29) is 5.56 Å². The van der Waals surface area contributed by atoms with Gasteiger partial charge in [0, 0.05) is 13.2 Å². The lowest BCUT2D eigenvalue weighted by molar-refractivity contribution is 0.100. The zero-order valence-corrected chi connectivity index (χ0v) is 9.64. The van der Waals surface area contributed by atoms with Gasteiger partial charge in [0.25, 0.3) is 5.91 Å². The maximum absolute atomic E-state index is 10.9. The Morgan fingerprint density at radius 1 is 1.53 bits per heavy atom. The van der Waals surface area contributed by atoms with E-state index < -0.39 is 5.91 Å². The molecule has 0 saturated heterocycles. The number of nitrogens with two attached hydrogens (primary N) is 1. The van der Waals surface area contributed by atoms with Crippen molar-refractivity contribution in [3.05, 3.63) is 29.2 Å². The van der Waals surface area contributed by atoms with Gasteiger partial charge in [-0.05, 0) is 0 Å². The van der Waals surface area contributed by atoms with Crippen LogP contribution in [0.3, 0.4) is 0 Å². The zero-order valence-electron chi connectivity index (χ0n) is 8.88. The van der Waals surface area contributed by atoms with E-state index in [9.17, 15) is 4.79 Å². The summed E-state index contributed by atoms with van der Waals surface area (Å²) in [6.07, 6.45) is 4.25. The van der Waals surface area contributed by atoms with E-state index in [4.69, 9.17) is 17.3 Å². The fourth-order valence-electron chi connectivity index (χ4n) is 1.21. The van der Waals surface area contributed by atoms with Crippen LogP contribution < -0.4 is 11.1 Å². The van der Waals surface area contributed by atoms with Crippen LogP contribution in [0.1, 0.15) is 10.4 Å². The minimum atomic E-state index is -0.560. The molecule has 2 aromatic rings. The molecule has 0 aliphatic heterocycles. The second-order valence-corrected chi connectivity index (χ2v) is 3.56. The van der Waals surface area contributed by atoms with Gasteiger partial charge < -0.3 is 11.1 Å². The molecule has 2 rings (SSSR count). The number of primary amides is 1. The molecule has 0 aromatic carbocycles. The number of hydrogen-bond acceptors (Lipinski definition) is 5. The number of nitrogens with zero attached hydrogens (tertiary/aromatic N) is 4. The number of anilines is 1. The van der Waals surface area contributed by atoms with Gasteiger partial charge in [-0.2, -0.15) is 10.1 Å². The van der Waals surface area contributed by atoms with Gasteiger partial charge in [0.05, 0.1) is 18.0 Å². The first-order valence-corrected chi connectivity index (χ1v) is 5.04. The lowest BCUT2D eigenvalue weighted by Crippen LogP contribution is -2.09. The van der Waals surface area contributed by atoms with Gasteiger partial charge in [-0.1, -0.05) is 11.6 Å². The molecular formula is C9H9ClN6O. The first-order chi connectivity index (χ1) is 8.11. The summed E-state index contributed by atoms with van der Waals surface area (Å²) < 4.78 is 1.37. The van der Waals surface area contributed by atoms with Crippen molar-refractivity contribution in [3.8, 4) is 5.82 Å². The van der Waals surface area contributed by atoms with Crippen molar-refractivity contribution < 1.29 is 4.79 Å². The lowest BCUT2D eigenvalue weighted by Gasteiger charge is -2.04. The third-order valence-corrected chi connectivity index (χ3v) is 2.30. The van der Waals surface area contributed by atoms with Gasteiger partial charge >= 0.3 is 0 Å². The first-order valence-electron chi connectivity index (χ1n) is 4.67. The normalized spacial score (nSPS) is 10.2. The average Bonchev–Trinajstić information content (AvgIpc) is 2.79. The van der Waals surface area contributed by atoms with Crippen LogP contribution in [-0.2, 0) is 0 Å². The number of rotatable bonds is 3. The van der Waals surface area contributed by atoms with E-state index >= 15 is 0 Å². The van der Waals surface area contributed by atoms with Crippen LogP contribution in [0.5, 0.6) is 0 Å². The van der Waals surface area contributed by atoms with Crippen molar-refractivity contribution in [1.29, 1.82) is 0 Å². The Balaban J connectivity index is 2.47. The first kappa shape index (κ1) is 11.3. The smallest absolute Gasteiger partial charge is 0.251 e. The summed E-state index contributed by atoms with van der Waals surface area (Å²) in [5.74, 6) is 0.217. The monoisotopic (exact) mass is 252 g/mol. The Hall–Kier alpha value is -2.15. The second kappa shape index (κ2) is 4.38. The number of amides is 1. The van der Waals surface area contributed by atoms with Crippen molar-refractivity contribution >= 4 is 23.5 Å². The minimum absolute atomic E-state index is 0.283. The highest BCUT2D eigenvalue weighted by Crippen LogP contribution is 2.18. The molecule has 3 N–H and O–H groups in total. The van der Waals surface area contributed by atoms with E-state index in [1.807, 2.05) is 0 Å². The molecule has 0 unspecified atom stereocenters. The van der Waals surface area contributed by atoms with Crippen LogP contribution in [0.25, 0.3) is 5.82 Å². The third-order valence-electron chi connectivity index (χ3n) is 2.03. The van der Waals surface area contributed by atoms with Crippen molar-refractivity contribution in [1.82, 2.24) is 19.7 Å². The molecule has 0 saturated carbocycles. The molecule has 0 atom stereocenters. The van der Waals surface area contributed by atoms with E-state index in [0.717, 1.165) is 0 Å².